The third-order valence-electron chi connectivity index (χ3n) is 5.44. The first-order valence-corrected chi connectivity index (χ1v) is 11.2. The van der Waals surface area contributed by atoms with Crippen LogP contribution < -0.4 is 15.4 Å². The summed E-state index contributed by atoms with van der Waals surface area (Å²) in [5.41, 5.74) is 3.07. The number of ether oxygens (including phenoxy) is 3. The van der Waals surface area contributed by atoms with Gasteiger partial charge in [0.15, 0.2) is 17.5 Å². The van der Waals surface area contributed by atoms with Crippen LogP contribution in [0.1, 0.15) is 49.4 Å². The summed E-state index contributed by atoms with van der Waals surface area (Å²) in [6.07, 6.45) is 2.19. The van der Waals surface area contributed by atoms with Crippen LogP contribution in [0.2, 0.25) is 0 Å². The van der Waals surface area contributed by atoms with Gasteiger partial charge >= 0.3 is 0 Å². The molecule has 1 atom stereocenters. The van der Waals surface area contributed by atoms with Crippen molar-refractivity contribution in [3.8, 4) is 5.75 Å². The normalized spacial score (nSPS) is 15.9. The van der Waals surface area contributed by atoms with Crippen LogP contribution >= 0.6 is 0 Å². The molecule has 1 saturated heterocycles. The lowest BCUT2D eigenvalue weighted by Gasteiger charge is -2.22. The highest BCUT2D eigenvalue weighted by atomic mass is 19.1. The van der Waals surface area contributed by atoms with Gasteiger partial charge in [0.1, 0.15) is 0 Å². The molecule has 3 rings (SSSR count). The van der Waals surface area contributed by atoms with E-state index in [1.165, 1.54) is 13.2 Å². The first kappa shape index (κ1) is 24.0. The van der Waals surface area contributed by atoms with Crippen molar-refractivity contribution in [3.63, 3.8) is 0 Å². The van der Waals surface area contributed by atoms with Gasteiger partial charge in [-0.1, -0.05) is 30.3 Å². The molecule has 0 spiro atoms. The molecular formula is C25H34FN3O3. The average molecular weight is 444 g/mol. The molecule has 1 aliphatic rings. The van der Waals surface area contributed by atoms with Gasteiger partial charge in [-0.25, -0.2) is 9.38 Å². The molecule has 2 N–H and O–H groups in total. The smallest absolute Gasteiger partial charge is 0.192 e. The molecule has 32 heavy (non-hydrogen) atoms. The van der Waals surface area contributed by atoms with Gasteiger partial charge < -0.3 is 24.8 Å². The van der Waals surface area contributed by atoms with Crippen molar-refractivity contribution in [1.82, 2.24) is 10.6 Å². The minimum absolute atomic E-state index is 0.118. The van der Waals surface area contributed by atoms with E-state index in [-0.39, 0.29) is 23.7 Å². The number of benzene rings is 2. The van der Waals surface area contributed by atoms with Crippen LogP contribution in [-0.2, 0) is 22.6 Å². The maximum Gasteiger partial charge on any atom is 0.192 e. The fourth-order valence-corrected chi connectivity index (χ4v) is 3.61. The summed E-state index contributed by atoms with van der Waals surface area (Å²) in [6.45, 7) is 7.41. The summed E-state index contributed by atoms with van der Waals surface area (Å²) in [5.74, 6) is 0.544. The number of hydrogen-bond acceptors (Lipinski definition) is 4. The third kappa shape index (κ3) is 7.21. The van der Waals surface area contributed by atoms with Gasteiger partial charge in [-0.05, 0) is 55.5 Å². The van der Waals surface area contributed by atoms with Crippen LogP contribution in [0.4, 0.5) is 4.39 Å². The van der Waals surface area contributed by atoms with E-state index in [0.29, 0.717) is 19.1 Å². The van der Waals surface area contributed by atoms with Crippen LogP contribution in [-0.4, -0.2) is 38.9 Å². The van der Waals surface area contributed by atoms with E-state index < -0.39 is 0 Å². The Bertz CT molecular complexity index is 884. The number of nitrogens with one attached hydrogen (secondary N) is 2. The first-order valence-electron chi connectivity index (χ1n) is 11.2. The molecule has 1 unspecified atom stereocenters. The zero-order valence-electron chi connectivity index (χ0n) is 19.2. The molecule has 174 valence electrons. The predicted molar refractivity (Wildman–Crippen MR) is 124 cm³/mol. The molecule has 1 heterocycles. The predicted octanol–water partition coefficient (Wildman–Crippen LogP) is 4.35. The van der Waals surface area contributed by atoms with Crippen molar-refractivity contribution in [2.24, 2.45) is 4.99 Å². The van der Waals surface area contributed by atoms with Gasteiger partial charge in [-0.15, -0.1) is 0 Å². The fraction of sp³-hybridized carbons (Fsp3) is 0.480. The second-order valence-corrected chi connectivity index (χ2v) is 7.90. The molecule has 0 amide bonds. The number of hydrogen-bond donors (Lipinski definition) is 2. The summed E-state index contributed by atoms with van der Waals surface area (Å²) in [7, 11) is 1.46. The molecule has 1 aliphatic heterocycles. The Hall–Kier alpha value is -2.64. The maximum absolute atomic E-state index is 14.1. The number of rotatable bonds is 9. The summed E-state index contributed by atoms with van der Waals surface area (Å²) in [6, 6.07) is 13.2. The van der Waals surface area contributed by atoms with Gasteiger partial charge in [-0.2, -0.15) is 0 Å². The SMILES string of the molecule is CCNC(=NCc1cccc(COC2CCOCC2)c1)NC(C)c1ccc(OC)c(F)c1. The molecular weight excluding hydrogens is 409 g/mol. The second kappa shape index (κ2) is 12.4. The molecule has 0 bridgehead atoms. The lowest BCUT2D eigenvalue weighted by molar-refractivity contribution is -0.0390. The minimum atomic E-state index is -0.375. The molecule has 1 fully saturated rings. The number of aliphatic imine (C=N–C) groups is 1. The lowest BCUT2D eigenvalue weighted by Crippen LogP contribution is -2.38. The summed E-state index contributed by atoms with van der Waals surface area (Å²) in [4.78, 5) is 4.72. The van der Waals surface area contributed by atoms with E-state index in [9.17, 15) is 4.39 Å². The van der Waals surface area contributed by atoms with Crippen molar-refractivity contribution in [2.75, 3.05) is 26.9 Å². The number of nitrogens with zero attached hydrogens (tertiary/aromatic N) is 1. The molecule has 0 radical (unpaired) electrons. The molecule has 0 aliphatic carbocycles. The maximum atomic E-state index is 14.1. The van der Waals surface area contributed by atoms with Crippen LogP contribution in [0.15, 0.2) is 47.5 Å². The van der Waals surface area contributed by atoms with Crippen molar-refractivity contribution in [1.29, 1.82) is 0 Å². The molecule has 2 aromatic rings. The van der Waals surface area contributed by atoms with E-state index in [2.05, 4.69) is 28.8 Å². The summed E-state index contributed by atoms with van der Waals surface area (Å²) in [5, 5.41) is 6.60. The van der Waals surface area contributed by atoms with Crippen LogP contribution in [0.25, 0.3) is 0 Å². The molecule has 6 nitrogen and oxygen atoms in total. The quantitative estimate of drug-likeness (QED) is 0.446. The average Bonchev–Trinajstić information content (AvgIpc) is 2.82. The van der Waals surface area contributed by atoms with Crippen molar-refractivity contribution in [3.05, 3.63) is 65.0 Å². The third-order valence-corrected chi connectivity index (χ3v) is 5.44. The first-order chi connectivity index (χ1) is 15.6. The Balaban J connectivity index is 1.59. The zero-order chi connectivity index (χ0) is 22.8. The standard InChI is InChI=1S/C25H34FN3O3/c1-4-27-25(29-18(2)21-8-9-24(30-3)23(26)15-21)28-16-19-6-5-7-20(14-19)17-32-22-10-12-31-13-11-22/h5-9,14-15,18,22H,4,10-13,16-17H2,1-3H3,(H2,27,28,29). The largest absolute Gasteiger partial charge is 0.494 e. The van der Waals surface area contributed by atoms with Crippen LogP contribution in [0.3, 0.4) is 0 Å². The highest BCUT2D eigenvalue weighted by molar-refractivity contribution is 5.80. The minimum Gasteiger partial charge on any atom is -0.494 e. The van der Waals surface area contributed by atoms with E-state index in [4.69, 9.17) is 19.2 Å². The van der Waals surface area contributed by atoms with Gasteiger partial charge in [0.05, 0.1) is 32.4 Å². The Labute approximate surface area is 190 Å². The fourth-order valence-electron chi connectivity index (χ4n) is 3.61. The Morgan fingerprint density at radius 1 is 1.19 bits per heavy atom. The second-order valence-electron chi connectivity index (χ2n) is 7.90. The molecule has 0 aromatic heterocycles. The number of halogens is 1. The Morgan fingerprint density at radius 2 is 1.97 bits per heavy atom. The highest BCUT2D eigenvalue weighted by Gasteiger charge is 2.14. The summed E-state index contributed by atoms with van der Waals surface area (Å²) < 4.78 is 30.5. The number of guanidine groups is 1. The monoisotopic (exact) mass is 443 g/mol. The van der Waals surface area contributed by atoms with Gasteiger partial charge in [-0.3, -0.25) is 0 Å². The molecule has 2 aromatic carbocycles. The Morgan fingerprint density at radius 3 is 2.69 bits per heavy atom. The zero-order valence-corrected chi connectivity index (χ0v) is 19.2. The summed E-state index contributed by atoms with van der Waals surface area (Å²) >= 11 is 0. The van der Waals surface area contributed by atoms with Gasteiger partial charge in [0.25, 0.3) is 0 Å². The van der Waals surface area contributed by atoms with Crippen LogP contribution in [0.5, 0.6) is 5.75 Å². The van der Waals surface area contributed by atoms with Crippen molar-refractivity contribution in [2.45, 2.75) is 52.0 Å². The van der Waals surface area contributed by atoms with E-state index in [1.807, 2.05) is 26.0 Å². The van der Waals surface area contributed by atoms with E-state index in [1.54, 1.807) is 6.07 Å². The lowest BCUT2D eigenvalue weighted by atomic mass is 10.1. The Kier molecular flexibility index (Phi) is 9.31. The van der Waals surface area contributed by atoms with Crippen molar-refractivity contribution >= 4 is 5.96 Å². The molecule has 0 saturated carbocycles. The highest BCUT2D eigenvalue weighted by Crippen LogP contribution is 2.21. The van der Waals surface area contributed by atoms with Gasteiger partial charge in [0, 0.05) is 19.8 Å². The topological polar surface area (TPSA) is 64.1 Å². The van der Waals surface area contributed by atoms with Crippen LogP contribution in [0, 0.1) is 5.82 Å². The number of methoxy groups -OCH3 is 1. The molecule has 7 heteroatoms. The van der Waals surface area contributed by atoms with E-state index in [0.717, 1.165) is 49.3 Å². The van der Waals surface area contributed by atoms with E-state index >= 15 is 0 Å². The van der Waals surface area contributed by atoms with Crippen molar-refractivity contribution < 1.29 is 18.6 Å². The van der Waals surface area contributed by atoms with Gasteiger partial charge in [0.2, 0.25) is 0 Å².